The predicted octanol–water partition coefficient (Wildman–Crippen LogP) is 1.26. The Morgan fingerprint density at radius 1 is 1.41 bits per heavy atom. The maximum absolute atomic E-state index is 4.56. The topological polar surface area (TPSA) is 31.4 Å². The minimum Gasteiger partial charge on any atom is -0.373 e. The first-order valence-electron chi connectivity index (χ1n) is 6.25. The van der Waals surface area contributed by atoms with Crippen LogP contribution in [0.5, 0.6) is 0 Å². The van der Waals surface area contributed by atoms with Crippen molar-refractivity contribution in [3.8, 4) is 0 Å². The molecule has 0 amide bonds. The molecule has 0 bridgehead atoms. The van der Waals surface area contributed by atoms with Gasteiger partial charge in [-0.2, -0.15) is 0 Å². The standard InChI is InChI=1S/C13H22N4/c1-11-9-17(8-7-16(11)3)10-12-5-4-6-13(14-2)15-12/h4-6,11H,7-10H2,1-3H3,(H,14,15). The Kier molecular flexibility index (Phi) is 3.97. The van der Waals surface area contributed by atoms with Crippen LogP contribution in [0.25, 0.3) is 0 Å². The van der Waals surface area contributed by atoms with E-state index in [9.17, 15) is 0 Å². The van der Waals surface area contributed by atoms with Crippen LogP contribution in [0.1, 0.15) is 12.6 Å². The predicted molar refractivity (Wildman–Crippen MR) is 71.2 cm³/mol. The summed E-state index contributed by atoms with van der Waals surface area (Å²) >= 11 is 0. The average Bonchev–Trinajstić information content (AvgIpc) is 2.34. The maximum atomic E-state index is 4.56. The number of hydrogen-bond donors (Lipinski definition) is 1. The number of nitrogens with one attached hydrogen (secondary N) is 1. The van der Waals surface area contributed by atoms with Gasteiger partial charge in [-0.25, -0.2) is 4.98 Å². The highest BCUT2D eigenvalue weighted by atomic mass is 15.3. The molecule has 1 aliphatic rings. The molecule has 94 valence electrons. The third kappa shape index (κ3) is 3.17. The molecule has 0 aromatic carbocycles. The Morgan fingerprint density at radius 2 is 2.24 bits per heavy atom. The Morgan fingerprint density at radius 3 is 2.94 bits per heavy atom. The number of nitrogens with zero attached hydrogens (tertiary/aromatic N) is 3. The van der Waals surface area contributed by atoms with Crippen LogP contribution in [0, 0.1) is 0 Å². The van der Waals surface area contributed by atoms with Gasteiger partial charge >= 0.3 is 0 Å². The normalized spacial score (nSPS) is 22.6. The first kappa shape index (κ1) is 12.3. The fourth-order valence-electron chi connectivity index (χ4n) is 2.20. The number of piperazine rings is 1. The van der Waals surface area contributed by atoms with Crippen LogP contribution in [-0.2, 0) is 6.54 Å². The second-order valence-electron chi connectivity index (χ2n) is 4.83. The molecule has 17 heavy (non-hydrogen) atoms. The van der Waals surface area contributed by atoms with Crippen LogP contribution in [-0.4, -0.2) is 54.6 Å². The van der Waals surface area contributed by atoms with Crippen LogP contribution < -0.4 is 5.32 Å². The highest BCUT2D eigenvalue weighted by Crippen LogP contribution is 2.11. The van der Waals surface area contributed by atoms with Crippen molar-refractivity contribution in [3.05, 3.63) is 23.9 Å². The third-order valence-electron chi connectivity index (χ3n) is 3.49. The van der Waals surface area contributed by atoms with Crippen molar-refractivity contribution in [1.29, 1.82) is 0 Å². The van der Waals surface area contributed by atoms with E-state index in [0.29, 0.717) is 6.04 Å². The van der Waals surface area contributed by atoms with Crippen LogP contribution in [0.3, 0.4) is 0 Å². The van der Waals surface area contributed by atoms with Crippen molar-refractivity contribution < 1.29 is 0 Å². The second-order valence-corrected chi connectivity index (χ2v) is 4.83. The van der Waals surface area contributed by atoms with E-state index in [4.69, 9.17) is 0 Å². The molecule has 1 unspecified atom stereocenters. The Bertz CT molecular complexity index is 366. The molecule has 1 atom stereocenters. The van der Waals surface area contributed by atoms with Gasteiger partial charge in [0.15, 0.2) is 0 Å². The van der Waals surface area contributed by atoms with Gasteiger partial charge in [0.05, 0.1) is 5.69 Å². The van der Waals surface area contributed by atoms with Gasteiger partial charge in [-0.15, -0.1) is 0 Å². The van der Waals surface area contributed by atoms with Gasteiger partial charge in [-0.05, 0) is 26.1 Å². The van der Waals surface area contributed by atoms with E-state index in [1.165, 1.54) is 0 Å². The molecule has 0 saturated carbocycles. The van der Waals surface area contributed by atoms with Crippen LogP contribution in [0.15, 0.2) is 18.2 Å². The zero-order valence-electron chi connectivity index (χ0n) is 11.0. The lowest BCUT2D eigenvalue weighted by Gasteiger charge is -2.37. The highest BCUT2D eigenvalue weighted by Gasteiger charge is 2.20. The van der Waals surface area contributed by atoms with Gasteiger partial charge in [-0.3, -0.25) is 4.90 Å². The lowest BCUT2D eigenvalue weighted by molar-refractivity contribution is 0.0991. The largest absolute Gasteiger partial charge is 0.373 e. The minimum atomic E-state index is 0.635. The molecule has 0 radical (unpaired) electrons. The zero-order valence-corrected chi connectivity index (χ0v) is 11.0. The van der Waals surface area contributed by atoms with Gasteiger partial charge in [0.2, 0.25) is 0 Å². The lowest BCUT2D eigenvalue weighted by atomic mass is 10.2. The first-order valence-corrected chi connectivity index (χ1v) is 6.25. The van der Waals surface area contributed by atoms with Crippen molar-refractivity contribution in [2.45, 2.75) is 19.5 Å². The molecule has 1 fully saturated rings. The molecule has 0 spiro atoms. The number of likely N-dealkylation sites (N-methyl/N-ethyl adjacent to an activating group) is 1. The summed E-state index contributed by atoms with van der Waals surface area (Å²) in [5.41, 5.74) is 1.15. The lowest BCUT2D eigenvalue weighted by Crippen LogP contribution is -2.49. The van der Waals surface area contributed by atoms with E-state index in [-0.39, 0.29) is 0 Å². The molecule has 1 aromatic heterocycles. The van der Waals surface area contributed by atoms with Crippen LogP contribution in [0.4, 0.5) is 5.82 Å². The summed E-state index contributed by atoms with van der Waals surface area (Å²) < 4.78 is 0. The van der Waals surface area contributed by atoms with Gasteiger partial charge < -0.3 is 10.2 Å². The molecule has 1 aromatic rings. The third-order valence-corrected chi connectivity index (χ3v) is 3.49. The van der Waals surface area contributed by atoms with Crippen molar-refractivity contribution in [3.63, 3.8) is 0 Å². The number of pyridine rings is 1. The highest BCUT2D eigenvalue weighted by molar-refractivity contribution is 5.34. The Hall–Kier alpha value is -1.13. The smallest absolute Gasteiger partial charge is 0.126 e. The fourth-order valence-corrected chi connectivity index (χ4v) is 2.20. The number of hydrogen-bond acceptors (Lipinski definition) is 4. The summed E-state index contributed by atoms with van der Waals surface area (Å²) in [7, 11) is 4.10. The SMILES string of the molecule is CNc1cccc(CN2CCN(C)C(C)C2)n1. The van der Waals surface area contributed by atoms with E-state index in [0.717, 1.165) is 37.7 Å². The summed E-state index contributed by atoms with van der Waals surface area (Å²) in [6.45, 7) is 6.64. The van der Waals surface area contributed by atoms with Crippen molar-refractivity contribution >= 4 is 5.82 Å². The van der Waals surface area contributed by atoms with E-state index in [2.05, 4.69) is 46.2 Å². The molecule has 0 aliphatic carbocycles. The molecule has 4 heteroatoms. The molecule has 1 aliphatic heterocycles. The maximum Gasteiger partial charge on any atom is 0.126 e. The number of rotatable bonds is 3. The van der Waals surface area contributed by atoms with Gasteiger partial charge in [-0.1, -0.05) is 6.07 Å². The summed E-state index contributed by atoms with van der Waals surface area (Å²) in [6, 6.07) is 6.80. The van der Waals surface area contributed by atoms with Crippen LogP contribution >= 0.6 is 0 Å². The zero-order chi connectivity index (χ0) is 12.3. The monoisotopic (exact) mass is 234 g/mol. The van der Waals surface area contributed by atoms with Crippen molar-refractivity contribution in [2.24, 2.45) is 0 Å². The summed E-state index contributed by atoms with van der Waals surface area (Å²) in [6.07, 6.45) is 0. The molecular weight excluding hydrogens is 212 g/mol. The quantitative estimate of drug-likeness (QED) is 0.853. The van der Waals surface area contributed by atoms with Gasteiger partial charge in [0.1, 0.15) is 5.82 Å². The second kappa shape index (κ2) is 5.47. The Labute approximate surface area is 104 Å². The molecule has 2 heterocycles. The molecule has 1 N–H and O–H groups in total. The summed E-state index contributed by atoms with van der Waals surface area (Å²) in [4.78, 5) is 9.45. The van der Waals surface area contributed by atoms with Crippen molar-refractivity contribution in [1.82, 2.24) is 14.8 Å². The summed E-state index contributed by atoms with van der Waals surface area (Å²) in [5, 5.41) is 3.08. The van der Waals surface area contributed by atoms with E-state index in [1.54, 1.807) is 0 Å². The minimum absolute atomic E-state index is 0.635. The molecule has 1 saturated heterocycles. The van der Waals surface area contributed by atoms with Crippen molar-refractivity contribution in [2.75, 3.05) is 39.0 Å². The van der Waals surface area contributed by atoms with E-state index < -0.39 is 0 Å². The molecular formula is C13H22N4. The first-order chi connectivity index (χ1) is 8.19. The Balaban J connectivity index is 1.96. The average molecular weight is 234 g/mol. The number of anilines is 1. The fraction of sp³-hybridized carbons (Fsp3) is 0.615. The molecule has 2 rings (SSSR count). The van der Waals surface area contributed by atoms with E-state index in [1.807, 2.05) is 13.1 Å². The van der Waals surface area contributed by atoms with E-state index >= 15 is 0 Å². The van der Waals surface area contributed by atoms with Gasteiger partial charge in [0.25, 0.3) is 0 Å². The summed E-state index contributed by atoms with van der Waals surface area (Å²) in [5.74, 6) is 0.949. The van der Waals surface area contributed by atoms with Crippen LogP contribution in [0.2, 0.25) is 0 Å². The molecule has 4 nitrogen and oxygen atoms in total. The number of aromatic nitrogens is 1. The van der Waals surface area contributed by atoms with Gasteiger partial charge in [0, 0.05) is 39.3 Å².